The molecule has 3 aromatic heterocycles. The van der Waals surface area contributed by atoms with E-state index in [-0.39, 0.29) is 11.9 Å². The van der Waals surface area contributed by atoms with Crippen molar-refractivity contribution in [1.29, 1.82) is 0 Å². The lowest BCUT2D eigenvalue weighted by atomic mass is 9.97. The standard InChI is InChI=1S/C25H25N3OS2/c1-17-20(18(2)28(26-17)19-7-4-3-5-8-19)10-11-24(29)27-14-12-22-21(13-16-31-22)25(27)23-9-6-15-30-23/h3-9,13,15-16,25H,10-12,14H2,1-2H3/t25-/m0/s1. The smallest absolute Gasteiger partial charge is 0.223 e. The monoisotopic (exact) mass is 447 g/mol. The van der Waals surface area contributed by atoms with Gasteiger partial charge in [-0.3, -0.25) is 4.79 Å². The van der Waals surface area contributed by atoms with Gasteiger partial charge >= 0.3 is 0 Å². The summed E-state index contributed by atoms with van der Waals surface area (Å²) in [6, 6.07) is 16.7. The minimum atomic E-state index is 0.0525. The molecule has 0 bridgehead atoms. The molecule has 0 saturated carbocycles. The van der Waals surface area contributed by atoms with Crippen LogP contribution in [0.4, 0.5) is 0 Å². The summed E-state index contributed by atoms with van der Waals surface area (Å²) in [5, 5.41) is 9.00. The number of benzene rings is 1. The van der Waals surface area contributed by atoms with Crippen LogP contribution in [0.1, 0.15) is 44.7 Å². The van der Waals surface area contributed by atoms with Crippen LogP contribution in [0.5, 0.6) is 0 Å². The van der Waals surface area contributed by atoms with Crippen molar-refractivity contribution in [3.8, 4) is 5.69 Å². The highest BCUT2D eigenvalue weighted by atomic mass is 32.1. The topological polar surface area (TPSA) is 38.1 Å². The van der Waals surface area contributed by atoms with E-state index in [2.05, 4.69) is 52.9 Å². The highest BCUT2D eigenvalue weighted by molar-refractivity contribution is 7.10. The van der Waals surface area contributed by atoms with E-state index < -0.39 is 0 Å². The zero-order valence-electron chi connectivity index (χ0n) is 17.7. The summed E-state index contributed by atoms with van der Waals surface area (Å²) >= 11 is 3.55. The van der Waals surface area contributed by atoms with E-state index in [1.54, 1.807) is 11.3 Å². The minimum absolute atomic E-state index is 0.0525. The Morgan fingerprint density at radius 1 is 1.06 bits per heavy atom. The predicted octanol–water partition coefficient (Wildman–Crippen LogP) is 5.72. The summed E-state index contributed by atoms with van der Waals surface area (Å²) in [7, 11) is 0. The van der Waals surface area contributed by atoms with Crippen molar-refractivity contribution in [3.05, 3.63) is 91.6 Å². The fourth-order valence-corrected chi connectivity index (χ4v) is 6.33. The number of rotatable bonds is 5. The molecule has 0 radical (unpaired) electrons. The maximum absolute atomic E-state index is 13.4. The molecule has 4 nitrogen and oxygen atoms in total. The van der Waals surface area contributed by atoms with Gasteiger partial charge in [0.15, 0.2) is 0 Å². The lowest BCUT2D eigenvalue weighted by Gasteiger charge is -2.35. The lowest BCUT2D eigenvalue weighted by Crippen LogP contribution is -2.39. The van der Waals surface area contributed by atoms with Gasteiger partial charge in [-0.1, -0.05) is 24.3 Å². The molecule has 0 saturated heterocycles. The zero-order chi connectivity index (χ0) is 21.4. The normalized spacial score (nSPS) is 15.8. The summed E-state index contributed by atoms with van der Waals surface area (Å²) in [4.78, 5) is 18.2. The number of thiophene rings is 2. The molecule has 0 N–H and O–H groups in total. The number of hydrogen-bond acceptors (Lipinski definition) is 4. The second-order valence-corrected chi connectivity index (χ2v) is 9.93. The van der Waals surface area contributed by atoms with Gasteiger partial charge in [0.25, 0.3) is 0 Å². The SMILES string of the molecule is Cc1nn(-c2ccccc2)c(C)c1CCC(=O)N1CCc2sccc2[C@H]1c1cccs1. The van der Waals surface area contributed by atoms with E-state index in [9.17, 15) is 4.79 Å². The minimum Gasteiger partial charge on any atom is -0.330 e. The first kappa shape index (κ1) is 20.2. The van der Waals surface area contributed by atoms with Crippen molar-refractivity contribution in [2.75, 3.05) is 6.54 Å². The van der Waals surface area contributed by atoms with E-state index in [0.29, 0.717) is 12.8 Å². The fourth-order valence-electron chi connectivity index (χ4n) is 4.57. The Bertz CT molecular complexity index is 1190. The third-order valence-electron chi connectivity index (χ3n) is 6.13. The highest BCUT2D eigenvalue weighted by Crippen LogP contribution is 2.39. The van der Waals surface area contributed by atoms with E-state index >= 15 is 0 Å². The van der Waals surface area contributed by atoms with Gasteiger partial charge in [-0.2, -0.15) is 5.10 Å². The number of carbonyl (C=O) groups is 1. The van der Waals surface area contributed by atoms with Gasteiger partial charge in [-0.15, -0.1) is 22.7 Å². The first-order chi connectivity index (χ1) is 15.1. The number of hydrogen-bond donors (Lipinski definition) is 0. The summed E-state index contributed by atoms with van der Waals surface area (Å²) in [5.41, 5.74) is 5.65. The van der Waals surface area contributed by atoms with Crippen molar-refractivity contribution in [3.63, 3.8) is 0 Å². The number of fused-ring (bicyclic) bond motifs is 1. The van der Waals surface area contributed by atoms with Crippen molar-refractivity contribution in [2.24, 2.45) is 0 Å². The molecule has 1 atom stereocenters. The van der Waals surface area contributed by atoms with Gasteiger partial charge in [0.2, 0.25) is 5.91 Å². The van der Waals surface area contributed by atoms with Crippen LogP contribution in [0.3, 0.4) is 0 Å². The van der Waals surface area contributed by atoms with Gasteiger partial charge in [0.1, 0.15) is 0 Å². The fraction of sp³-hybridized carbons (Fsp3) is 0.280. The molecule has 1 aliphatic rings. The van der Waals surface area contributed by atoms with Crippen molar-refractivity contribution < 1.29 is 4.79 Å². The van der Waals surface area contributed by atoms with E-state index in [1.165, 1.54) is 20.9 Å². The number of amides is 1. The van der Waals surface area contributed by atoms with Crippen molar-refractivity contribution >= 4 is 28.6 Å². The van der Waals surface area contributed by atoms with Crippen LogP contribution in [-0.4, -0.2) is 27.1 Å². The summed E-state index contributed by atoms with van der Waals surface area (Å²) in [5.74, 6) is 0.224. The Kier molecular flexibility index (Phi) is 5.50. The van der Waals surface area contributed by atoms with E-state index in [4.69, 9.17) is 5.10 Å². The van der Waals surface area contributed by atoms with Crippen LogP contribution in [0.2, 0.25) is 0 Å². The molecule has 1 aliphatic heterocycles. The average Bonchev–Trinajstić information content (AvgIpc) is 3.53. The quantitative estimate of drug-likeness (QED) is 0.392. The maximum atomic E-state index is 13.4. The molecule has 1 amide bonds. The van der Waals surface area contributed by atoms with E-state index in [1.807, 2.05) is 41.1 Å². The van der Waals surface area contributed by atoms with Crippen molar-refractivity contribution in [1.82, 2.24) is 14.7 Å². The van der Waals surface area contributed by atoms with Gasteiger partial charge < -0.3 is 4.90 Å². The number of nitrogens with zero attached hydrogens (tertiary/aromatic N) is 3. The Morgan fingerprint density at radius 3 is 2.68 bits per heavy atom. The van der Waals surface area contributed by atoms with Gasteiger partial charge in [0.05, 0.1) is 17.4 Å². The molecule has 31 heavy (non-hydrogen) atoms. The van der Waals surface area contributed by atoms with Crippen LogP contribution in [0.15, 0.2) is 59.3 Å². The molecule has 1 aromatic carbocycles. The summed E-state index contributed by atoms with van der Waals surface area (Å²) in [6.45, 7) is 4.93. The largest absolute Gasteiger partial charge is 0.330 e. The molecule has 0 aliphatic carbocycles. The van der Waals surface area contributed by atoms with Crippen LogP contribution < -0.4 is 0 Å². The predicted molar refractivity (Wildman–Crippen MR) is 127 cm³/mol. The Hall–Kier alpha value is -2.70. The summed E-state index contributed by atoms with van der Waals surface area (Å²) in [6.07, 6.45) is 2.17. The Balaban J connectivity index is 1.37. The van der Waals surface area contributed by atoms with Gasteiger partial charge in [-0.25, -0.2) is 4.68 Å². The maximum Gasteiger partial charge on any atom is 0.223 e. The van der Waals surface area contributed by atoms with Gasteiger partial charge in [-0.05, 0) is 72.8 Å². The molecule has 4 heterocycles. The van der Waals surface area contributed by atoms with Crippen LogP contribution in [0.25, 0.3) is 5.69 Å². The second-order valence-electron chi connectivity index (χ2n) is 7.95. The number of aryl methyl sites for hydroxylation is 1. The van der Waals surface area contributed by atoms with Crippen LogP contribution in [0, 0.1) is 13.8 Å². The second kappa shape index (κ2) is 8.44. The molecule has 0 spiro atoms. The third-order valence-corrected chi connectivity index (χ3v) is 8.05. The molecular weight excluding hydrogens is 422 g/mol. The number of carbonyl (C=O) groups excluding carboxylic acids is 1. The average molecular weight is 448 g/mol. The lowest BCUT2D eigenvalue weighted by molar-refractivity contribution is -0.133. The molecule has 4 aromatic rings. The van der Waals surface area contributed by atoms with Crippen LogP contribution >= 0.6 is 22.7 Å². The third kappa shape index (κ3) is 3.75. The van der Waals surface area contributed by atoms with E-state index in [0.717, 1.165) is 30.0 Å². The molecule has 0 unspecified atom stereocenters. The molecule has 158 valence electrons. The van der Waals surface area contributed by atoms with Crippen LogP contribution in [-0.2, 0) is 17.6 Å². The summed E-state index contributed by atoms with van der Waals surface area (Å²) < 4.78 is 1.99. The zero-order valence-corrected chi connectivity index (χ0v) is 19.4. The molecular formula is C25H25N3OS2. The van der Waals surface area contributed by atoms with Crippen molar-refractivity contribution in [2.45, 2.75) is 39.2 Å². The Morgan fingerprint density at radius 2 is 1.90 bits per heavy atom. The molecule has 0 fully saturated rings. The highest BCUT2D eigenvalue weighted by Gasteiger charge is 2.33. The Labute approximate surface area is 190 Å². The molecule has 5 rings (SSSR count). The first-order valence-corrected chi connectivity index (χ1v) is 12.4. The first-order valence-electron chi connectivity index (χ1n) is 10.6. The van der Waals surface area contributed by atoms with Gasteiger partial charge in [0, 0.05) is 28.4 Å². The molecule has 6 heteroatoms. The number of para-hydroxylation sites is 1. The number of aromatic nitrogens is 2.